The van der Waals surface area contributed by atoms with Gasteiger partial charge in [-0.1, -0.05) is 32.0 Å². The molecular formula is C24H28N4OS. The van der Waals surface area contributed by atoms with Crippen LogP contribution in [0.25, 0.3) is 0 Å². The highest BCUT2D eigenvalue weighted by atomic mass is 32.1. The van der Waals surface area contributed by atoms with E-state index in [1.807, 2.05) is 18.3 Å². The summed E-state index contributed by atoms with van der Waals surface area (Å²) in [5.41, 5.74) is 4.56. The maximum Gasteiger partial charge on any atom is 0.174 e. The van der Waals surface area contributed by atoms with Crippen LogP contribution in [-0.4, -0.2) is 28.4 Å². The zero-order chi connectivity index (χ0) is 21.1. The SMILES string of the molecule is COCCn1cccc1[C@@H]1[C@@H](c2ccccn2)NC(=S)N1c1ccc(C(C)C)cc1. The molecule has 0 radical (unpaired) electrons. The summed E-state index contributed by atoms with van der Waals surface area (Å²) in [6, 6.07) is 18.9. The van der Waals surface area contributed by atoms with Gasteiger partial charge in [-0.2, -0.15) is 0 Å². The number of hydrogen-bond donors (Lipinski definition) is 1. The van der Waals surface area contributed by atoms with Crippen molar-refractivity contribution in [3.05, 3.63) is 83.9 Å². The number of methoxy groups -OCH3 is 1. The Hall–Kier alpha value is -2.70. The first-order valence-electron chi connectivity index (χ1n) is 10.3. The largest absolute Gasteiger partial charge is 0.383 e. The van der Waals surface area contributed by atoms with Gasteiger partial charge in [0.2, 0.25) is 0 Å². The number of ether oxygens (including phenoxy) is 1. The van der Waals surface area contributed by atoms with Gasteiger partial charge < -0.3 is 19.5 Å². The van der Waals surface area contributed by atoms with Crippen LogP contribution >= 0.6 is 12.2 Å². The number of hydrogen-bond acceptors (Lipinski definition) is 3. The van der Waals surface area contributed by atoms with E-state index in [0.717, 1.165) is 17.9 Å². The second-order valence-corrected chi connectivity index (χ2v) is 8.25. The lowest BCUT2D eigenvalue weighted by Crippen LogP contribution is -2.30. The molecule has 1 saturated heterocycles. The smallest absolute Gasteiger partial charge is 0.174 e. The fourth-order valence-corrected chi connectivity index (χ4v) is 4.39. The summed E-state index contributed by atoms with van der Waals surface area (Å²) in [5.74, 6) is 0.492. The van der Waals surface area contributed by atoms with Crippen LogP contribution in [0.3, 0.4) is 0 Å². The Bertz CT molecular complexity index is 984. The molecule has 3 aromatic rings. The van der Waals surface area contributed by atoms with Crippen molar-refractivity contribution in [1.29, 1.82) is 0 Å². The minimum atomic E-state index is -0.0420. The second-order valence-electron chi connectivity index (χ2n) is 7.86. The van der Waals surface area contributed by atoms with E-state index in [1.54, 1.807) is 7.11 Å². The van der Waals surface area contributed by atoms with Crippen LogP contribution in [-0.2, 0) is 11.3 Å². The van der Waals surface area contributed by atoms with Crippen LogP contribution < -0.4 is 10.2 Å². The molecule has 156 valence electrons. The lowest BCUT2D eigenvalue weighted by molar-refractivity contribution is 0.186. The Balaban J connectivity index is 1.78. The average Bonchev–Trinajstić information content (AvgIpc) is 3.36. The van der Waals surface area contributed by atoms with E-state index in [-0.39, 0.29) is 12.1 Å². The lowest BCUT2D eigenvalue weighted by atomic mass is 9.99. The molecule has 0 unspecified atom stereocenters. The molecule has 0 aliphatic carbocycles. The quantitative estimate of drug-likeness (QED) is 0.555. The molecule has 2 aromatic heterocycles. The van der Waals surface area contributed by atoms with E-state index in [4.69, 9.17) is 17.0 Å². The molecule has 3 heterocycles. The van der Waals surface area contributed by atoms with Gasteiger partial charge >= 0.3 is 0 Å². The molecule has 1 fully saturated rings. The van der Waals surface area contributed by atoms with Crippen molar-refractivity contribution in [2.45, 2.75) is 38.4 Å². The lowest BCUT2D eigenvalue weighted by Gasteiger charge is -2.29. The third-order valence-corrected chi connectivity index (χ3v) is 5.95. The first kappa shape index (κ1) is 20.6. The van der Waals surface area contributed by atoms with Crippen molar-refractivity contribution in [3.8, 4) is 0 Å². The number of pyridine rings is 1. The van der Waals surface area contributed by atoms with Crippen molar-refractivity contribution in [2.24, 2.45) is 0 Å². The van der Waals surface area contributed by atoms with Crippen LogP contribution in [0.4, 0.5) is 5.69 Å². The zero-order valence-corrected chi connectivity index (χ0v) is 18.5. The maximum atomic E-state index is 5.82. The van der Waals surface area contributed by atoms with Crippen LogP contribution in [0.1, 0.15) is 48.8 Å². The summed E-state index contributed by atoms with van der Waals surface area (Å²) in [7, 11) is 1.73. The number of anilines is 1. The second kappa shape index (κ2) is 8.98. The molecule has 2 atom stereocenters. The van der Waals surface area contributed by atoms with E-state index < -0.39 is 0 Å². The Kier molecular flexibility index (Phi) is 6.16. The van der Waals surface area contributed by atoms with Crippen molar-refractivity contribution in [1.82, 2.24) is 14.9 Å². The minimum absolute atomic E-state index is 0.0100. The summed E-state index contributed by atoms with van der Waals surface area (Å²) in [5, 5.41) is 4.24. The highest BCUT2D eigenvalue weighted by Gasteiger charge is 2.41. The van der Waals surface area contributed by atoms with Gasteiger partial charge in [-0.25, -0.2) is 0 Å². The maximum absolute atomic E-state index is 5.82. The average molecular weight is 421 g/mol. The molecule has 0 bridgehead atoms. The van der Waals surface area contributed by atoms with Gasteiger partial charge in [0.1, 0.15) is 6.04 Å². The van der Waals surface area contributed by atoms with Gasteiger partial charge in [-0.15, -0.1) is 0 Å². The molecular weight excluding hydrogens is 392 g/mol. The monoisotopic (exact) mass is 420 g/mol. The Labute approximate surface area is 183 Å². The highest BCUT2D eigenvalue weighted by Crippen LogP contribution is 2.41. The molecule has 0 spiro atoms. The van der Waals surface area contributed by atoms with Crippen molar-refractivity contribution in [3.63, 3.8) is 0 Å². The summed E-state index contributed by atoms with van der Waals surface area (Å²) in [4.78, 5) is 6.85. The summed E-state index contributed by atoms with van der Waals surface area (Å²) >= 11 is 5.82. The summed E-state index contributed by atoms with van der Waals surface area (Å²) in [6.07, 6.45) is 3.94. The Morgan fingerprint density at radius 3 is 2.57 bits per heavy atom. The standard InChI is InChI=1S/C24H28N4OS/c1-17(2)18-9-11-19(12-10-18)28-23(21-8-6-14-27(21)15-16-29-3)22(26-24(28)30)20-7-4-5-13-25-20/h4-14,17,22-23H,15-16H2,1-3H3,(H,26,30)/t22-,23-/m1/s1. The summed E-state index contributed by atoms with van der Waals surface area (Å²) in [6.45, 7) is 5.86. The highest BCUT2D eigenvalue weighted by molar-refractivity contribution is 7.80. The number of thiocarbonyl (C=S) groups is 1. The van der Waals surface area contributed by atoms with E-state index in [2.05, 4.69) is 82.3 Å². The molecule has 1 N–H and O–H groups in total. The third kappa shape index (κ3) is 3.98. The zero-order valence-electron chi connectivity index (χ0n) is 17.7. The van der Waals surface area contributed by atoms with E-state index >= 15 is 0 Å². The molecule has 0 saturated carbocycles. The van der Waals surface area contributed by atoms with Gasteiger partial charge in [0.25, 0.3) is 0 Å². The predicted molar refractivity (Wildman–Crippen MR) is 125 cm³/mol. The number of nitrogens with one attached hydrogen (secondary N) is 1. The molecule has 6 heteroatoms. The molecule has 1 aliphatic heterocycles. The Morgan fingerprint density at radius 2 is 1.90 bits per heavy atom. The van der Waals surface area contributed by atoms with Crippen LogP contribution in [0.2, 0.25) is 0 Å². The van der Waals surface area contributed by atoms with Crippen LogP contribution in [0.15, 0.2) is 67.0 Å². The van der Waals surface area contributed by atoms with Crippen LogP contribution in [0, 0.1) is 0 Å². The van der Waals surface area contributed by atoms with E-state index in [9.17, 15) is 0 Å². The molecule has 4 rings (SSSR count). The van der Waals surface area contributed by atoms with Gasteiger partial charge in [-0.3, -0.25) is 4.98 Å². The van der Waals surface area contributed by atoms with Crippen molar-refractivity contribution in [2.75, 3.05) is 18.6 Å². The fourth-order valence-electron chi connectivity index (χ4n) is 4.04. The molecule has 0 amide bonds. The molecule has 1 aliphatic rings. The predicted octanol–water partition coefficient (Wildman–Crippen LogP) is 4.83. The Morgan fingerprint density at radius 1 is 1.10 bits per heavy atom. The first-order valence-corrected chi connectivity index (χ1v) is 10.8. The first-order chi connectivity index (χ1) is 14.6. The van der Waals surface area contributed by atoms with Gasteiger partial charge in [0.05, 0.1) is 18.3 Å². The summed E-state index contributed by atoms with van der Waals surface area (Å²) < 4.78 is 7.57. The molecule has 1 aromatic carbocycles. The van der Waals surface area contributed by atoms with Gasteiger partial charge in [0, 0.05) is 37.4 Å². The van der Waals surface area contributed by atoms with Crippen molar-refractivity contribution >= 4 is 23.0 Å². The number of rotatable bonds is 7. The van der Waals surface area contributed by atoms with Gasteiger partial charge in [-0.05, 0) is 60.1 Å². The third-order valence-electron chi connectivity index (χ3n) is 5.64. The van der Waals surface area contributed by atoms with Crippen LogP contribution in [0.5, 0.6) is 0 Å². The number of benzene rings is 1. The van der Waals surface area contributed by atoms with Gasteiger partial charge in [0.15, 0.2) is 5.11 Å². The molecule has 5 nitrogen and oxygen atoms in total. The fraction of sp³-hybridized carbons (Fsp3) is 0.333. The van der Waals surface area contributed by atoms with E-state index in [0.29, 0.717) is 17.6 Å². The normalized spacial score (nSPS) is 18.8. The minimum Gasteiger partial charge on any atom is -0.383 e. The topological polar surface area (TPSA) is 42.3 Å². The van der Waals surface area contributed by atoms with Crippen molar-refractivity contribution < 1.29 is 4.74 Å². The number of nitrogens with zero attached hydrogens (tertiary/aromatic N) is 3. The molecule has 30 heavy (non-hydrogen) atoms. The number of aromatic nitrogens is 2. The van der Waals surface area contributed by atoms with E-state index in [1.165, 1.54) is 11.3 Å².